The van der Waals surface area contributed by atoms with Crippen molar-refractivity contribution in [3.8, 4) is 0 Å². The first-order chi connectivity index (χ1) is 6.08. The van der Waals surface area contributed by atoms with Gasteiger partial charge in [-0.1, -0.05) is 18.2 Å². The van der Waals surface area contributed by atoms with Gasteiger partial charge in [-0.15, -0.1) is 0 Å². The van der Waals surface area contributed by atoms with Crippen LogP contribution in [0.4, 0.5) is 5.69 Å². The van der Waals surface area contributed by atoms with E-state index in [0.717, 1.165) is 0 Å². The molecule has 0 unspecified atom stereocenters. The molecule has 4 heteroatoms. The quantitative estimate of drug-likeness (QED) is 0.739. The van der Waals surface area contributed by atoms with Crippen molar-refractivity contribution in [3.05, 3.63) is 30.3 Å². The Morgan fingerprint density at radius 2 is 1.77 bits per heavy atom. The lowest BCUT2D eigenvalue weighted by molar-refractivity contribution is 0.595. The molecule has 3 nitrogen and oxygen atoms in total. The van der Waals surface area contributed by atoms with E-state index in [1.165, 1.54) is 4.31 Å². The number of sulfonamides is 1. The molecule has 0 radical (unpaired) electrons. The van der Waals surface area contributed by atoms with Crippen LogP contribution in [-0.4, -0.2) is 21.2 Å². The van der Waals surface area contributed by atoms with E-state index < -0.39 is 10.0 Å². The van der Waals surface area contributed by atoms with Gasteiger partial charge < -0.3 is 0 Å². The standard InChI is InChI=1S/C9H13NO2S/c1-3-13(11,12)10(2)9-7-5-4-6-8-9/h4-8H,3H2,1-2H3. The Balaban J connectivity index is 2.99. The Morgan fingerprint density at radius 1 is 1.23 bits per heavy atom. The molecular formula is C9H13NO2S. The van der Waals surface area contributed by atoms with Gasteiger partial charge in [0.15, 0.2) is 0 Å². The van der Waals surface area contributed by atoms with Gasteiger partial charge in [0.2, 0.25) is 10.0 Å². The van der Waals surface area contributed by atoms with Crippen molar-refractivity contribution in [2.24, 2.45) is 0 Å². The lowest BCUT2D eigenvalue weighted by Gasteiger charge is -2.17. The topological polar surface area (TPSA) is 37.4 Å². The smallest absolute Gasteiger partial charge is 0.234 e. The first kappa shape index (κ1) is 10.1. The summed E-state index contributed by atoms with van der Waals surface area (Å²) in [4.78, 5) is 0. The molecule has 13 heavy (non-hydrogen) atoms. The summed E-state index contributed by atoms with van der Waals surface area (Å²) in [5, 5.41) is 0. The van der Waals surface area contributed by atoms with E-state index in [-0.39, 0.29) is 5.75 Å². The summed E-state index contributed by atoms with van der Waals surface area (Å²) in [6, 6.07) is 9.03. The van der Waals surface area contributed by atoms with Gasteiger partial charge in [0.1, 0.15) is 0 Å². The van der Waals surface area contributed by atoms with Crippen molar-refractivity contribution in [1.82, 2.24) is 0 Å². The van der Waals surface area contributed by atoms with Crippen LogP contribution >= 0.6 is 0 Å². The fourth-order valence-electron chi connectivity index (χ4n) is 0.992. The molecular weight excluding hydrogens is 186 g/mol. The summed E-state index contributed by atoms with van der Waals surface area (Å²) < 4.78 is 24.1. The lowest BCUT2D eigenvalue weighted by Crippen LogP contribution is -2.27. The molecule has 0 heterocycles. The Kier molecular flexibility index (Phi) is 2.93. The molecule has 0 N–H and O–H groups in total. The average Bonchev–Trinajstić information content (AvgIpc) is 2.18. The highest BCUT2D eigenvalue weighted by Gasteiger charge is 2.14. The minimum Gasteiger partial charge on any atom is -0.273 e. The largest absolute Gasteiger partial charge is 0.273 e. The van der Waals surface area contributed by atoms with Crippen LogP contribution in [0.5, 0.6) is 0 Å². The SMILES string of the molecule is CCS(=O)(=O)N(C)c1ccccc1. The van der Waals surface area contributed by atoms with E-state index in [1.807, 2.05) is 18.2 Å². The van der Waals surface area contributed by atoms with E-state index in [4.69, 9.17) is 0 Å². The molecule has 0 amide bonds. The molecule has 0 aromatic heterocycles. The zero-order valence-electron chi connectivity index (χ0n) is 7.77. The molecule has 72 valence electrons. The second-order valence-electron chi connectivity index (χ2n) is 2.70. The molecule has 0 fully saturated rings. The minimum atomic E-state index is -3.12. The van der Waals surface area contributed by atoms with E-state index in [0.29, 0.717) is 5.69 Å². The summed E-state index contributed by atoms with van der Waals surface area (Å²) in [6.45, 7) is 1.63. The first-order valence-corrected chi connectivity index (χ1v) is 5.70. The average molecular weight is 199 g/mol. The van der Waals surface area contributed by atoms with Crippen LogP contribution < -0.4 is 4.31 Å². The minimum absolute atomic E-state index is 0.123. The van der Waals surface area contributed by atoms with Crippen molar-refractivity contribution in [2.45, 2.75) is 6.92 Å². The Morgan fingerprint density at radius 3 is 2.23 bits per heavy atom. The fraction of sp³-hybridized carbons (Fsp3) is 0.333. The number of hydrogen-bond donors (Lipinski definition) is 0. The zero-order valence-corrected chi connectivity index (χ0v) is 8.58. The summed E-state index contributed by atoms with van der Waals surface area (Å²) in [5.41, 5.74) is 0.698. The monoisotopic (exact) mass is 199 g/mol. The van der Waals surface area contributed by atoms with Gasteiger partial charge in [-0.25, -0.2) is 8.42 Å². The van der Waals surface area contributed by atoms with E-state index in [9.17, 15) is 8.42 Å². The zero-order chi connectivity index (χ0) is 9.90. The van der Waals surface area contributed by atoms with Gasteiger partial charge in [0, 0.05) is 7.05 Å². The van der Waals surface area contributed by atoms with Gasteiger partial charge in [-0.05, 0) is 19.1 Å². The van der Waals surface area contributed by atoms with Gasteiger partial charge in [-0.2, -0.15) is 0 Å². The van der Waals surface area contributed by atoms with E-state index in [1.54, 1.807) is 26.1 Å². The van der Waals surface area contributed by atoms with Crippen LogP contribution in [0.25, 0.3) is 0 Å². The molecule has 0 saturated heterocycles. The highest BCUT2D eigenvalue weighted by molar-refractivity contribution is 7.92. The normalized spacial score (nSPS) is 11.2. The third-order valence-corrected chi connectivity index (χ3v) is 3.68. The summed E-state index contributed by atoms with van der Waals surface area (Å²) in [7, 11) is -1.55. The molecule has 0 atom stereocenters. The van der Waals surface area contributed by atoms with Crippen LogP contribution in [0.3, 0.4) is 0 Å². The lowest BCUT2D eigenvalue weighted by atomic mass is 10.3. The molecule has 0 spiro atoms. The second-order valence-corrected chi connectivity index (χ2v) is 4.99. The first-order valence-electron chi connectivity index (χ1n) is 4.09. The van der Waals surface area contributed by atoms with Gasteiger partial charge in [0.05, 0.1) is 11.4 Å². The summed E-state index contributed by atoms with van der Waals surface area (Å²) >= 11 is 0. The van der Waals surface area contributed by atoms with Crippen LogP contribution in [-0.2, 0) is 10.0 Å². The number of benzene rings is 1. The van der Waals surface area contributed by atoms with E-state index >= 15 is 0 Å². The van der Waals surface area contributed by atoms with Crippen LogP contribution in [0.15, 0.2) is 30.3 Å². The Bertz CT molecular complexity index is 358. The number of rotatable bonds is 3. The number of nitrogens with zero attached hydrogens (tertiary/aromatic N) is 1. The molecule has 0 saturated carbocycles. The molecule has 0 aliphatic rings. The number of anilines is 1. The van der Waals surface area contributed by atoms with Gasteiger partial charge >= 0.3 is 0 Å². The molecule has 0 bridgehead atoms. The predicted octanol–water partition coefficient (Wildman–Crippen LogP) is 1.47. The maximum absolute atomic E-state index is 11.4. The summed E-state index contributed by atoms with van der Waals surface area (Å²) in [5.74, 6) is 0.123. The Hall–Kier alpha value is -1.03. The highest BCUT2D eigenvalue weighted by atomic mass is 32.2. The van der Waals surface area contributed by atoms with Gasteiger partial charge in [0.25, 0.3) is 0 Å². The van der Waals surface area contributed by atoms with Crippen molar-refractivity contribution < 1.29 is 8.42 Å². The van der Waals surface area contributed by atoms with Crippen LogP contribution in [0, 0.1) is 0 Å². The maximum atomic E-state index is 11.4. The third kappa shape index (κ3) is 2.21. The van der Waals surface area contributed by atoms with E-state index in [2.05, 4.69) is 0 Å². The molecule has 0 aliphatic carbocycles. The highest BCUT2D eigenvalue weighted by Crippen LogP contribution is 2.14. The Labute approximate surface area is 79.0 Å². The van der Waals surface area contributed by atoms with Crippen molar-refractivity contribution in [2.75, 3.05) is 17.1 Å². The fourth-order valence-corrected chi connectivity index (χ4v) is 1.82. The van der Waals surface area contributed by atoms with Crippen LogP contribution in [0.2, 0.25) is 0 Å². The number of hydrogen-bond acceptors (Lipinski definition) is 2. The molecule has 1 rings (SSSR count). The van der Waals surface area contributed by atoms with Gasteiger partial charge in [-0.3, -0.25) is 4.31 Å². The predicted molar refractivity (Wildman–Crippen MR) is 54.3 cm³/mol. The molecule has 1 aromatic rings. The third-order valence-electron chi connectivity index (χ3n) is 1.90. The van der Waals surface area contributed by atoms with Crippen molar-refractivity contribution in [3.63, 3.8) is 0 Å². The number of para-hydroxylation sites is 1. The van der Waals surface area contributed by atoms with Crippen molar-refractivity contribution in [1.29, 1.82) is 0 Å². The van der Waals surface area contributed by atoms with Crippen LogP contribution in [0.1, 0.15) is 6.92 Å². The summed E-state index contributed by atoms with van der Waals surface area (Å²) in [6.07, 6.45) is 0. The maximum Gasteiger partial charge on any atom is 0.234 e. The molecule has 1 aromatic carbocycles. The molecule has 0 aliphatic heterocycles. The van der Waals surface area contributed by atoms with Crippen molar-refractivity contribution >= 4 is 15.7 Å². The second kappa shape index (κ2) is 3.79.